The van der Waals surface area contributed by atoms with E-state index in [4.69, 9.17) is 9.84 Å². The molecular weight excluding hydrogens is 318 g/mol. The summed E-state index contributed by atoms with van der Waals surface area (Å²) in [5.41, 5.74) is 2.26. The molecule has 1 aromatic carbocycles. The molecule has 1 atom stereocenters. The van der Waals surface area contributed by atoms with Crippen LogP contribution in [0.15, 0.2) is 24.3 Å². The average molecular weight is 347 g/mol. The predicted molar refractivity (Wildman–Crippen MR) is 98.0 cm³/mol. The Labute approximate surface area is 150 Å². The van der Waals surface area contributed by atoms with Crippen LogP contribution in [0.5, 0.6) is 0 Å². The third-order valence-corrected chi connectivity index (χ3v) is 4.58. The Bertz CT molecular complexity index is 589. The number of hydrogen-bond donors (Lipinski definition) is 1. The van der Waals surface area contributed by atoms with Gasteiger partial charge in [-0.1, -0.05) is 32.9 Å². The summed E-state index contributed by atoms with van der Waals surface area (Å²) in [6.07, 6.45) is 2.88. The van der Waals surface area contributed by atoms with Crippen molar-refractivity contribution in [3.05, 3.63) is 29.8 Å². The van der Waals surface area contributed by atoms with Crippen LogP contribution in [-0.4, -0.2) is 36.2 Å². The molecule has 1 aliphatic heterocycles. The van der Waals surface area contributed by atoms with Crippen molar-refractivity contribution >= 4 is 17.6 Å². The van der Waals surface area contributed by atoms with Gasteiger partial charge in [0.15, 0.2) is 0 Å². The summed E-state index contributed by atoms with van der Waals surface area (Å²) < 4.78 is 5.69. The van der Waals surface area contributed by atoms with E-state index in [9.17, 15) is 9.59 Å². The number of carbonyl (C=O) groups is 2. The zero-order valence-electron chi connectivity index (χ0n) is 15.5. The van der Waals surface area contributed by atoms with Gasteiger partial charge in [0, 0.05) is 25.1 Å². The van der Waals surface area contributed by atoms with Crippen molar-refractivity contribution in [2.75, 3.05) is 18.1 Å². The van der Waals surface area contributed by atoms with Crippen molar-refractivity contribution < 1.29 is 19.4 Å². The molecule has 1 heterocycles. The highest BCUT2D eigenvalue weighted by molar-refractivity contribution is 5.96. The number of nitrogens with zero attached hydrogens (tertiary/aromatic N) is 1. The molecule has 25 heavy (non-hydrogen) atoms. The predicted octanol–water partition coefficient (Wildman–Crippen LogP) is 3.75. The fraction of sp³-hybridized carbons (Fsp3) is 0.600. The third kappa shape index (κ3) is 5.56. The Hall–Kier alpha value is -1.88. The van der Waals surface area contributed by atoms with Crippen molar-refractivity contribution in [3.63, 3.8) is 0 Å². The van der Waals surface area contributed by atoms with Crippen LogP contribution >= 0.6 is 0 Å². The molecule has 5 nitrogen and oxygen atoms in total. The van der Waals surface area contributed by atoms with Gasteiger partial charge in [0.1, 0.15) is 0 Å². The van der Waals surface area contributed by atoms with Crippen LogP contribution in [0, 0.1) is 0 Å². The highest BCUT2D eigenvalue weighted by Crippen LogP contribution is 2.30. The lowest BCUT2D eigenvalue weighted by Crippen LogP contribution is -2.36. The zero-order chi connectivity index (χ0) is 18.4. The van der Waals surface area contributed by atoms with E-state index in [0.717, 1.165) is 18.5 Å². The molecule has 0 aromatic heterocycles. The van der Waals surface area contributed by atoms with E-state index in [1.165, 1.54) is 5.56 Å². The number of benzene rings is 1. The van der Waals surface area contributed by atoms with Gasteiger partial charge in [-0.25, -0.2) is 0 Å². The second-order valence-corrected chi connectivity index (χ2v) is 7.68. The fourth-order valence-electron chi connectivity index (χ4n) is 3.08. The third-order valence-electron chi connectivity index (χ3n) is 4.58. The minimum absolute atomic E-state index is 0.0625. The molecule has 0 spiro atoms. The Morgan fingerprint density at radius 2 is 1.92 bits per heavy atom. The number of amides is 1. The normalized spacial score (nSPS) is 18.0. The van der Waals surface area contributed by atoms with Crippen molar-refractivity contribution in [2.24, 2.45) is 0 Å². The minimum atomic E-state index is -0.772. The fourth-order valence-corrected chi connectivity index (χ4v) is 3.08. The number of rotatable bonds is 8. The Morgan fingerprint density at radius 1 is 1.24 bits per heavy atom. The van der Waals surface area contributed by atoms with E-state index >= 15 is 0 Å². The van der Waals surface area contributed by atoms with Gasteiger partial charge in [-0.2, -0.15) is 0 Å². The quantitative estimate of drug-likeness (QED) is 0.727. The molecular formula is C20H29NO4. The lowest BCUT2D eigenvalue weighted by molar-refractivity contribution is -0.137. The van der Waals surface area contributed by atoms with Crippen molar-refractivity contribution in [3.8, 4) is 0 Å². The molecule has 0 aliphatic carbocycles. The first-order valence-electron chi connectivity index (χ1n) is 9.01. The lowest BCUT2D eigenvalue weighted by Gasteiger charge is -2.26. The van der Waals surface area contributed by atoms with Crippen molar-refractivity contribution in [2.45, 2.75) is 64.3 Å². The van der Waals surface area contributed by atoms with Gasteiger partial charge in [0.2, 0.25) is 5.91 Å². The minimum Gasteiger partial charge on any atom is -0.481 e. The highest BCUT2D eigenvalue weighted by Gasteiger charge is 2.32. The first-order chi connectivity index (χ1) is 11.8. The zero-order valence-corrected chi connectivity index (χ0v) is 15.5. The van der Waals surface area contributed by atoms with Crippen LogP contribution < -0.4 is 4.90 Å². The van der Waals surface area contributed by atoms with E-state index in [0.29, 0.717) is 26.1 Å². The summed E-state index contributed by atoms with van der Waals surface area (Å²) in [6.45, 7) is 7.55. The average Bonchev–Trinajstić information content (AvgIpc) is 2.90. The largest absolute Gasteiger partial charge is 0.481 e. The summed E-state index contributed by atoms with van der Waals surface area (Å²) in [5, 5.41) is 8.62. The molecule has 1 saturated heterocycles. The lowest BCUT2D eigenvalue weighted by atomic mass is 9.87. The summed E-state index contributed by atoms with van der Waals surface area (Å²) >= 11 is 0. The first-order valence-corrected chi connectivity index (χ1v) is 9.01. The van der Waals surface area contributed by atoms with Gasteiger partial charge in [0.05, 0.1) is 12.6 Å². The van der Waals surface area contributed by atoms with Gasteiger partial charge in [0.25, 0.3) is 0 Å². The van der Waals surface area contributed by atoms with E-state index < -0.39 is 5.97 Å². The Balaban J connectivity index is 1.89. The van der Waals surface area contributed by atoms with Gasteiger partial charge in [-0.05, 0) is 42.4 Å². The van der Waals surface area contributed by atoms with Gasteiger partial charge < -0.3 is 14.7 Å². The highest BCUT2D eigenvalue weighted by atomic mass is 16.5. The van der Waals surface area contributed by atoms with E-state index in [-0.39, 0.29) is 23.8 Å². The number of unbranched alkanes of at least 4 members (excludes halogenated alkanes) is 1. The molecule has 0 unspecified atom stereocenters. The number of carboxylic acids is 1. The maximum absolute atomic E-state index is 12.3. The molecule has 138 valence electrons. The second kappa shape index (κ2) is 8.48. The van der Waals surface area contributed by atoms with E-state index in [1.807, 2.05) is 17.0 Å². The molecule has 1 aliphatic rings. The molecule has 1 amide bonds. The number of aliphatic carboxylic acids is 1. The number of hydrogen-bond acceptors (Lipinski definition) is 3. The van der Waals surface area contributed by atoms with Gasteiger partial charge in [-0.3, -0.25) is 9.59 Å². The van der Waals surface area contributed by atoms with Crippen LogP contribution in [0.25, 0.3) is 0 Å². The number of carbonyl (C=O) groups excluding carboxylic acids is 1. The standard InChI is InChI=1S/C20H29NO4/c1-20(2,3)15-7-9-16(10-8-15)21-17(11-12-18(21)22)14-25-13-5-4-6-19(23)24/h7-10,17H,4-6,11-14H2,1-3H3,(H,23,24)/t17-/m0/s1. The first kappa shape index (κ1) is 19.4. The van der Waals surface area contributed by atoms with Crippen LogP contribution in [0.2, 0.25) is 0 Å². The van der Waals surface area contributed by atoms with Crippen LogP contribution in [0.3, 0.4) is 0 Å². The van der Waals surface area contributed by atoms with E-state index in [2.05, 4.69) is 32.9 Å². The number of anilines is 1. The summed E-state index contributed by atoms with van der Waals surface area (Å²) in [6, 6.07) is 8.27. The molecule has 0 radical (unpaired) electrons. The van der Waals surface area contributed by atoms with Crippen molar-refractivity contribution in [1.29, 1.82) is 0 Å². The maximum Gasteiger partial charge on any atom is 0.303 e. The molecule has 1 N–H and O–H groups in total. The summed E-state index contributed by atoms with van der Waals surface area (Å²) in [7, 11) is 0. The molecule has 5 heteroatoms. The van der Waals surface area contributed by atoms with Crippen LogP contribution in [-0.2, 0) is 19.7 Å². The molecule has 1 fully saturated rings. The smallest absolute Gasteiger partial charge is 0.303 e. The van der Waals surface area contributed by atoms with Crippen molar-refractivity contribution in [1.82, 2.24) is 0 Å². The topological polar surface area (TPSA) is 66.8 Å². The van der Waals surface area contributed by atoms with Gasteiger partial charge >= 0.3 is 5.97 Å². The SMILES string of the molecule is CC(C)(C)c1ccc(N2C(=O)CC[C@H]2COCCCCC(=O)O)cc1. The summed E-state index contributed by atoms with van der Waals surface area (Å²) in [4.78, 5) is 24.6. The molecule has 2 rings (SSSR count). The Morgan fingerprint density at radius 3 is 2.52 bits per heavy atom. The monoisotopic (exact) mass is 347 g/mol. The number of ether oxygens (including phenoxy) is 1. The maximum atomic E-state index is 12.3. The number of carboxylic acid groups (broad SMARTS) is 1. The second-order valence-electron chi connectivity index (χ2n) is 7.68. The Kier molecular flexibility index (Phi) is 6.59. The van der Waals surface area contributed by atoms with Gasteiger partial charge in [-0.15, -0.1) is 0 Å². The summed E-state index contributed by atoms with van der Waals surface area (Å²) in [5.74, 6) is -0.630. The van der Waals surface area contributed by atoms with E-state index in [1.54, 1.807) is 0 Å². The van der Waals surface area contributed by atoms with Crippen LogP contribution in [0.4, 0.5) is 5.69 Å². The molecule has 1 aromatic rings. The molecule has 0 saturated carbocycles. The molecule has 0 bridgehead atoms. The van der Waals surface area contributed by atoms with Crippen LogP contribution in [0.1, 0.15) is 58.4 Å².